The van der Waals surface area contributed by atoms with E-state index in [2.05, 4.69) is 24.4 Å². The molecular formula is C25H18ClFN4O4S. The van der Waals surface area contributed by atoms with Gasteiger partial charge in [0.1, 0.15) is 24.2 Å². The molecular weight excluding hydrogens is 507 g/mol. The molecule has 0 aliphatic rings. The van der Waals surface area contributed by atoms with Crippen molar-refractivity contribution in [2.75, 3.05) is 11.8 Å². The lowest BCUT2D eigenvalue weighted by molar-refractivity contribution is 0.415. The number of methoxy groups -OCH3 is 1. The number of nitrogens with one attached hydrogen (secondary N) is 1. The van der Waals surface area contributed by atoms with Gasteiger partial charge in [-0.15, -0.1) is 0 Å². The van der Waals surface area contributed by atoms with Crippen LogP contribution in [0.1, 0.15) is 5.56 Å². The lowest BCUT2D eigenvalue weighted by Crippen LogP contribution is -2.13. The zero-order valence-electron chi connectivity index (χ0n) is 19.0. The second kappa shape index (κ2) is 9.21. The molecule has 5 aromatic rings. The number of fused-ring (bicyclic) bond motifs is 1. The van der Waals surface area contributed by atoms with E-state index in [4.69, 9.17) is 16.3 Å². The monoisotopic (exact) mass is 524 g/mol. The Kier molecular flexibility index (Phi) is 6.07. The van der Waals surface area contributed by atoms with Crippen molar-refractivity contribution in [2.24, 2.45) is 0 Å². The summed E-state index contributed by atoms with van der Waals surface area (Å²) in [4.78, 5) is 8.53. The molecule has 5 rings (SSSR count). The van der Waals surface area contributed by atoms with Crippen molar-refractivity contribution in [2.45, 2.75) is 11.8 Å². The van der Waals surface area contributed by atoms with Gasteiger partial charge in [-0.1, -0.05) is 22.8 Å². The molecule has 11 heteroatoms. The van der Waals surface area contributed by atoms with E-state index >= 15 is 4.39 Å². The second-order valence-electron chi connectivity index (χ2n) is 7.89. The van der Waals surface area contributed by atoms with Gasteiger partial charge in [-0.25, -0.2) is 22.8 Å². The van der Waals surface area contributed by atoms with Crippen LogP contribution in [0.4, 0.5) is 10.2 Å². The smallest absolute Gasteiger partial charge is 0.263 e. The van der Waals surface area contributed by atoms with Crippen LogP contribution < -0.4 is 9.46 Å². The van der Waals surface area contributed by atoms with E-state index in [1.807, 2.05) is 6.92 Å². The summed E-state index contributed by atoms with van der Waals surface area (Å²) in [5, 5.41) is 4.67. The quantitative estimate of drug-likeness (QED) is 0.296. The molecule has 2 aromatic heterocycles. The first kappa shape index (κ1) is 23.7. The zero-order chi connectivity index (χ0) is 25.4. The summed E-state index contributed by atoms with van der Waals surface area (Å²) in [5.74, 6) is -0.0339. The van der Waals surface area contributed by atoms with Crippen LogP contribution in [0.2, 0.25) is 5.02 Å². The number of rotatable bonds is 6. The molecule has 1 N–H and O–H groups in total. The number of sulfonamides is 1. The Morgan fingerprint density at radius 3 is 2.58 bits per heavy atom. The predicted octanol–water partition coefficient (Wildman–Crippen LogP) is 5.86. The molecule has 0 amide bonds. The van der Waals surface area contributed by atoms with Crippen molar-refractivity contribution >= 4 is 38.3 Å². The maximum absolute atomic E-state index is 15.3. The zero-order valence-corrected chi connectivity index (χ0v) is 20.6. The molecule has 0 saturated carbocycles. The highest BCUT2D eigenvalue weighted by Gasteiger charge is 2.20. The third kappa shape index (κ3) is 4.36. The van der Waals surface area contributed by atoms with Crippen molar-refractivity contribution in [3.8, 4) is 28.1 Å². The molecule has 182 valence electrons. The largest absolute Gasteiger partial charge is 0.496 e. The van der Waals surface area contributed by atoms with Crippen LogP contribution in [-0.4, -0.2) is 30.7 Å². The normalized spacial score (nSPS) is 11.6. The number of benzene rings is 3. The summed E-state index contributed by atoms with van der Waals surface area (Å²) in [5.41, 5.74) is 2.96. The molecule has 0 spiro atoms. The van der Waals surface area contributed by atoms with E-state index in [0.717, 1.165) is 5.56 Å². The predicted molar refractivity (Wildman–Crippen MR) is 134 cm³/mol. The number of ether oxygens (including phenoxy) is 1. The molecule has 0 radical (unpaired) electrons. The van der Waals surface area contributed by atoms with Crippen molar-refractivity contribution in [3.63, 3.8) is 0 Å². The van der Waals surface area contributed by atoms with Crippen LogP contribution >= 0.6 is 11.6 Å². The third-order valence-corrected chi connectivity index (χ3v) is 7.38. The summed E-state index contributed by atoms with van der Waals surface area (Å²) in [6.45, 7) is 1.85. The number of halogens is 2. The highest BCUT2D eigenvalue weighted by atomic mass is 35.5. The number of aromatic nitrogens is 3. The third-order valence-electron chi connectivity index (χ3n) is 5.61. The topological polar surface area (TPSA) is 107 Å². The van der Waals surface area contributed by atoms with Gasteiger partial charge in [0.25, 0.3) is 10.0 Å². The first-order chi connectivity index (χ1) is 17.3. The summed E-state index contributed by atoms with van der Waals surface area (Å²) < 4.78 is 53.4. The molecule has 0 atom stereocenters. The fourth-order valence-electron chi connectivity index (χ4n) is 3.82. The molecule has 3 aromatic carbocycles. The van der Waals surface area contributed by atoms with Crippen molar-refractivity contribution < 1.29 is 22.1 Å². The van der Waals surface area contributed by atoms with Gasteiger partial charge in [0.2, 0.25) is 0 Å². The van der Waals surface area contributed by atoms with Gasteiger partial charge >= 0.3 is 0 Å². The van der Waals surface area contributed by atoms with Gasteiger partial charge in [0, 0.05) is 27.6 Å². The summed E-state index contributed by atoms with van der Waals surface area (Å²) >= 11 is 6.12. The highest BCUT2D eigenvalue weighted by molar-refractivity contribution is 7.92. The van der Waals surface area contributed by atoms with Crippen LogP contribution in [-0.2, 0) is 10.0 Å². The van der Waals surface area contributed by atoms with E-state index in [9.17, 15) is 8.42 Å². The van der Waals surface area contributed by atoms with E-state index in [1.165, 1.54) is 44.0 Å². The minimum Gasteiger partial charge on any atom is -0.496 e. The summed E-state index contributed by atoms with van der Waals surface area (Å²) in [7, 11) is -2.46. The Balaban J connectivity index is 1.60. The maximum Gasteiger partial charge on any atom is 0.263 e. The van der Waals surface area contributed by atoms with Gasteiger partial charge in [-0.05, 0) is 60.5 Å². The van der Waals surface area contributed by atoms with E-state index in [0.29, 0.717) is 44.1 Å². The average Bonchev–Trinajstić information content (AvgIpc) is 3.37. The van der Waals surface area contributed by atoms with Crippen molar-refractivity contribution in [3.05, 3.63) is 83.6 Å². The fourth-order valence-corrected chi connectivity index (χ4v) is 4.95. The molecule has 0 unspecified atom stereocenters. The Labute approximate surface area is 210 Å². The van der Waals surface area contributed by atoms with Crippen molar-refractivity contribution in [1.29, 1.82) is 0 Å². The minimum absolute atomic E-state index is 0.0331. The van der Waals surface area contributed by atoms with E-state index < -0.39 is 15.8 Å². The van der Waals surface area contributed by atoms with Crippen LogP contribution in [0.3, 0.4) is 0 Å². The van der Waals surface area contributed by atoms with Gasteiger partial charge in [-0.2, -0.15) is 0 Å². The van der Waals surface area contributed by atoms with E-state index in [1.54, 1.807) is 30.3 Å². The summed E-state index contributed by atoms with van der Waals surface area (Å²) in [6.07, 6.45) is 2.54. The molecule has 36 heavy (non-hydrogen) atoms. The molecule has 2 heterocycles. The Morgan fingerprint density at radius 2 is 1.86 bits per heavy atom. The van der Waals surface area contributed by atoms with Gasteiger partial charge < -0.3 is 9.26 Å². The number of hydrogen-bond donors (Lipinski definition) is 1. The highest BCUT2D eigenvalue weighted by Crippen LogP contribution is 2.38. The molecule has 0 bridgehead atoms. The Morgan fingerprint density at radius 1 is 1.03 bits per heavy atom. The first-order valence-electron chi connectivity index (χ1n) is 10.6. The Hall–Kier alpha value is -4.02. The maximum atomic E-state index is 15.3. The van der Waals surface area contributed by atoms with Crippen LogP contribution in [0.5, 0.6) is 5.75 Å². The van der Waals surface area contributed by atoms with Gasteiger partial charge in [-0.3, -0.25) is 4.72 Å². The Bertz CT molecular complexity index is 1710. The van der Waals surface area contributed by atoms with Crippen LogP contribution in [0, 0.1) is 12.7 Å². The average molecular weight is 525 g/mol. The molecule has 8 nitrogen and oxygen atoms in total. The number of nitrogens with zero attached hydrogens (tertiary/aromatic N) is 3. The number of anilines is 1. The lowest BCUT2D eigenvalue weighted by Gasteiger charge is -2.14. The first-order valence-corrected chi connectivity index (χ1v) is 12.5. The minimum atomic E-state index is -3.94. The van der Waals surface area contributed by atoms with Crippen molar-refractivity contribution in [1.82, 2.24) is 15.1 Å². The molecule has 0 aliphatic carbocycles. The SMILES string of the molecule is COc1cc(-c2ccc(Cl)c(C)c2)c(F)cc1-c1ncnc2cc(S(=O)(=O)Nc3ccon3)ccc12. The van der Waals surface area contributed by atoms with Gasteiger partial charge in [0.15, 0.2) is 5.82 Å². The fraction of sp³-hybridized carbons (Fsp3) is 0.0800. The lowest BCUT2D eigenvalue weighted by atomic mass is 9.98. The molecule has 0 aliphatic heterocycles. The van der Waals surface area contributed by atoms with Gasteiger partial charge in [0.05, 0.1) is 23.2 Å². The standard InChI is InChI=1S/C25H18ClFN4O4S/c1-14-9-15(3-6-20(14)26)18-12-23(34-2)19(11-21(18)27)25-17-5-4-16(10-22(17)28-13-29-25)36(32,33)31-24-7-8-35-30-24/h3-13H,1-2H3,(H,30,31). The number of hydrogen-bond acceptors (Lipinski definition) is 7. The molecule has 0 fully saturated rings. The molecule has 0 saturated heterocycles. The van der Waals surface area contributed by atoms with Crippen LogP contribution in [0.25, 0.3) is 33.3 Å². The number of aryl methyl sites for hydroxylation is 1. The van der Waals surface area contributed by atoms with Crippen LogP contribution in [0.15, 0.2) is 76.6 Å². The summed E-state index contributed by atoms with van der Waals surface area (Å²) in [6, 6.07) is 14.0. The second-order valence-corrected chi connectivity index (χ2v) is 9.98. The van der Waals surface area contributed by atoms with E-state index in [-0.39, 0.29) is 10.7 Å².